The summed E-state index contributed by atoms with van der Waals surface area (Å²) in [4.78, 5) is 65.2. The van der Waals surface area contributed by atoms with E-state index in [4.69, 9.17) is 80.5 Å². The molecule has 116 heavy (non-hydrogen) atoms. The summed E-state index contributed by atoms with van der Waals surface area (Å²) in [5.41, 5.74) is 0. The molecule has 9 aliphatic heterocycles. The monoisotopic (exact) mass is 1700 g/mol. The Morgan fingerprint density at radius 1 is 0.371 bits per heavy atom. The van der Waals surface area contributed by atoms with Crippen LogP contribution in [0.5, 0.6) is 0 Å². The van der Waals surface area contributed by atoms with Gasteiger partial charge in [-0.1, -0.05) is 0 Å². The summed E-state index contributed by atoms with van der Waals surface area (Å²) in [6, 6.07) is -7.63. The molecule has 46 atom stereocenters. The van der Waals surface area contributed by atoms with E-state index in [1.807, 2.05) is 0 Å². The largest absolute Gasteiger partial charge is 0.477 e. The van der Waals surface area contributed by atoms with Crippen molar-refractivity contribution in [3.05, 3.63) is 0 Å². The molecule has 9 saturated heterocycles. The third kappa shape index (κ3) is 20.8. The van der Waals surface area contributed by atoms with Crippen LogP contribution in [0.15, 0.2) is 0 Å². The normalized spacial score (nSPS) is 48.2. The van der Waals surface area contributed by atoms with Gasteiger partial charge in [0.15, 0.2) is 50.3 Å². The summed E-state index contributed by atoms with van der Waals surface area (Å²) in [5, 5.41) is 287. The maximum atomic E-state index is 13.5. The first-order valence-electron chi connectivity index (χ1n) is 37.0. The van der Waals surface area contributed by atoms with Crippen LogP contribution in [-0.2, 0) is 104 Å². The highest BCUT2D eigenvalue weighted by molar-refractivity contribution is 5.77. The zero-order valence-electron chi connectivity index (χ0n) is 62.8. The van der Waals surface area contributed by atoms with Gasteiger partial charge in [0.1, 0.15) is 201 Å². The second-order valence-electron chi connectivity index (χ2n) is 29.6. The standard InChI is InChI=1S/C65H108N4O47/c1-15-33(82)40(89)43(92)59(101-15)109-49-27(13-75)108-58(32(69-20(6)79)53(49)113-61-45(94)42(91)36(85)23(9-71)104-61)114-54-37(86)24(10-72)105-62(46(54)95)110-48-26(12-74)107-57(31(68-19(5)78)52(48)112-60-44(93)41(90)34(83)16(2)102-60)100-14-28-39(88)50(30(56(97)103-28)67-18(4)77)111-63-47(96)55(38(87)25(11-73)106-63)116-65(64(98)99)7-21(80)29(66-17(3)76)51(115-65)35(84)22(81)8-70/h15-16,21-63,70-75,80-97H,7-14H2,1-6H3,(H,66,76)(H,67,77)(H,68,78)(H,69,79)(H,98,99)/t15-,16-,21-,22+,23+,24+,25+,26+,27+,28+,29+,30+,31+,32+,33+,34+,35+,36-,37-,38-,39-,40+,41+,42-,43-,44-,45+,46+,47+,48+,49+,50+,51+,52+,53+,54-,55-,56+,57+,58-,59-,60-,61-,62-,63-,65-/m0/s1. The van der Waals surface area contributed by atoms with Gasteiger partial charge < -0.3 is 229 Å². The van der Waals surface area contributed by atoms with Crippen molar-refractivity contribution < 1.29 is 232 Å². The van der Waals surface area contributed by atoms with Gasteiger partial charge in [-0.3, -0.25) is 19.2 Å². The molecule has 0 aliphatic carbocycles. The van der Waals surface area contributed by atoms with Crippen molar-refractivity contribution in [2.45, 2.75) is 330 Å². The van der Waals surface area contributed by atoms with Crippen LogP contribution < -0.4 is 21.3 Å². The van der Waals surface area contributed by atoms with Crippen LogP contribution in [0.2, 0.25) is 0 Å². The molecule has 9 rings (SSSR count). The number of aliphatic hydroxyl groups excluding tert-OH is 24. The summed E-state index contributed by atoms with van der Waals surface area (Å²) in [6.07, 6.45) is -86.9. The van der Waals surface area contributed by atoms with Crippen LogP contribution >= 0.6 is 0 Å². The number of aliphatic hydroxyl groups is 24. The summed E-state index contributed by atoms with van der Waals surface area (Å²) >= 11 is 0. The number of hydrogen-bond acceptors (Lipinski definition) is 46. The molecular formula is C65H108N4O47. The van der Waals surface area contributed by atoms with Crippen LogP contribution in [0.25, 0.3) is 0 Å². The Morgan fingerprint density at radius 3 is 1.17 bits per heavy atom. The average molecular weight is 1700 g/mol. The number of carboxylic acids is 1. The van der Waals surface area contributed by atoms with Gasteiger partial charge in [-0.05, 0) is 13.8 Å². The van der Waals surface area contributed by atoms with Crippen LogP contribution in [-0.4, -0.2) is 485 Å². The molecule has 0 saturated carbocycles. The van der Waals surface area contributed by atoms with E-state index < -0.39 is 364 Å². The van der Waals surface area contributed by atoms with Crippen molar-refractivity contribution in [2.24, 2.45) is 0 Å². The zero-order chi connectivity index (χ0) is 85.9. The molecule has 0 aromatic carbocycles. The molecule has 670 valence electrons. The number of rotatable bonds is 30. The number of hydrogen-bond donors (Lipinski definition) is 29. The molecule has 51 nitrogen and oxygen atoms in total. The van der Waals surface area contributed by atoms with Gasteiger partial charge in [0.05, 0.1) is 70.6 Å². The highest BCUT2D eigenvalue weighted by Crippen LogP contribution is 2.42. The average Bonchev–Trinajstić information content (AvgIpc) is 0.762. The van der Waals surface area contributed by atoms with Gasteiger partial charge in [0.25, 0.3) is 5.79 Å². The molecule has 0 unspecified atom stereocenters. The van der Waals surface area contributed by atoms with E-state index in [0.717, 1.165) is 27.7 Å². The molecule has 9 aliphatic rings. The first kappa shape index (κ1) is 95.5. The van der Waals surface area contributed by atoms with Crippen molar-refractivity contribution >= 4 is 29.6 Å². The van der Waals surface area contributed by atoms with Gasteiger partial charge in [0.2, 0.25) is 23.6 Å². The van der Waals surface area contributed by atoms with E-state index in [9.17, 15) is 152 Å². The Bertz CT molecular complexity index is 3170. The van der Waals surface area contributed by atoms with Crippen molar-refractivity contribution in [1.29, 1.82) is 0 Å². The third-order valence-electron chi connectivity index (χ3n) is 21.2. The SMILES string of the molecule is CC(=O)N[C@@H]1[C@@H](O[C@@H]2O[C@H](CO)[C@H](O)[C@H](O[C@]3(C(=O)O)C[C@H](O)[C@@H](NC(C)=O)[C@H]([C@H](O)[C@H](O)CO)O3)[C@H]2O)[C@@H](O)[C@@H](CO[C@@H]2O[C@H](CO)[C@@H](O[C@@H]3O[C@H](CO)[C@H](O)[C@H](O[C@@H]4O[C@H](CO)[C@@H](O[C@@H]5O[C@@H](C)[C@@H](O)[C@@H](O)[C@@H]5O)[C@H](O[C@@H]5O[C@H](CO)[C@H](O)[C@H](O)[C@H]5O)[C@H]4NC(C)=O)[C@H]3O)[C@H](O[C@@H]3O[C@@H](C)[C@@H](O)[C@@H](O)[C@@H]3O)[C@H]2NC(C)=O)O[C@H]1O. The summed E-state index contributed by atoms with van der Waals surface area (Å²) < 4.78 is 102. The highest BCUT2D eigenvalue weighted by Gasteiger charge is 2.64. The van der Waals surface area contributed by atoms with E-state index in [1.165, 1.54) is 13.8 Å². The molecule has 9 heterocycles. The number of amides is 4. The molecule has 0 bridgehead atoms. The fourth-order valence-electron chi connectivity index (χ4n) is 15.1. The number of carbonyl (C=O) groups is 5. The van der Waals surface area contributed by atoms with Crippen molar-refractivity contribution in [1.82, 2.24) is 21.3 Å². The molecule has 29 N–H and O–H groups in total. The molecule has 0 radical (unpaired) electrons. The second kappa shape index (κ2) is 40.8. The van der Waals surface area contributed by atoms with Crippen LogP contribution in [0.4, 0.5) is 0 Å². The maximum absolute atomic E-state index is 13.5. The van der Waals surface area contributed by atoms with Gasteiger partial charge in [-0.25, -0.2) is 4.79 Å². The molecule has 0 spiro atoms. The fraction of sp³-hybridized carbons (Fsp3) is 0.923. The lowest BCUT2D eigenvalue weighted by Crippen LogP contribution is -2.72. The van der Waals surface area contributed by atoms with E-state index in [2.05, 4.69) is 21.3 Å². The molecule has 4 amide bonds. The summed E-state index contributed by atoms with van der Waals surface area (Å²) in [7, 11) is 0. The van der Waals surface area contributed by atoms with Gasteiger partial charge in [-0.15, -0.1) is 0 Å². The maximum Gasteiger partial charge on any atom is 0.364 e. The number of aliphatic carboxylic acids is 1. The number of carbonyl (C=O) groups excluding carboxylic acids is 4. The van der Waals surface area contributed by atoms with Crippen molar-refractivity contribution in [3.8, 4) is 0 Å². The summed E-state index contributed by atoms with van der Waals surface area (Å²) in [5.74, 6) is -9.24. The van der Waals surface area contributed by atoms with Crippen molar-refractivity contribution in [2.75, 3.05) is 46.2 Å². The minimum atomic E-state index is -3.29. The lowest BCUT2D eigenvalue weighted by molar-refractivity contribution is -0.395. The minimum absolute atomic E-state index is 0.871. The summed E-state index contributed by atoms with van der Waals surface area (Å²) in [6.45, 7) is -1.91. The number of ether oxygens (including phenoxy) is 17. The molecular weight excluding hydrogens is 1590 g/mol. The Morgan fingerprint density at radius 2 is 0.724 bits per heavy atom. The van der Waals surface area contributed by atoms with Gasteiger partial charge in [-0.2, -0.15) is 0 Å². The Balaban J connectivity index is 1.02. The van der Waals surface area contributed by atoms with Gasteiger partial charge >= 0.3 is 5.97 Å². The topological polar surface area (TPSA) is 796 Å². The number of nitrogens with one attached hydrogen (secondary N) is 4. The molecule has 0 aromatic rings. The van der Waals surface area contributed by atoms with Crippen molar-refractivity contribution in [3.63, 3.8) is 0 Å². The first-order valence-corrected chi connectivity index (χ1v) is 37.0. The lowest BCUT2D eigenvalue weighted by Gasteiger charge is -2.52. The molecule has 51 heteroatoms. The Kier molecular flexibility index (Phi) is 33.6. The molecule has 0 aromatic heterocycles. The fourth-order valence-corrected chi connectivity index (χ4v) is 15.1. The highest BCUT2D eigenvalue weighted by atomic mass is 16.8. The van der Waals surface area contributed by atoms with E-state index in [1.54, 1.807) is 0 Å². The van der Waals surface area contributed by atoms with Gasteiger partial charge in [0, 0.05) is 34.1 Å². The molecule has 9 fully saturated rings. The predicted octanol–water partition coefficient (Wildman–Crippen LogP) is -18.8. The minimum Gasteiger partial charge on any atom is -0.477 e. The van der Waals surface area contributed by atoms with E-state index in [0.29, 0.717) is 0 Å². The van der Waals surface area contributed by atoms with Crippen LogP contribution in [0.3, 0.4) is 0 Å². The Labute approximate surface area is 657 Å². The smallest absolute Gasteiger partial charge is 0.364 e. The third-order valence-corrected chi connectivity index (χ3v) is 21.2. The van der Waals surface area contributed by atoms with Crippen LogP contribution in [0, 0.1) is 0 Å². The first-order chi connectivity index (χ1) is 54.6. The van der Waals surface area contributed by atoms with Crippen LogP contribution in [0.1, 0.15) is 48.0 Å². The zero-order valence-corrected chi connectivity index (χ0v) is 62.8. The number of carboxylic acid groups (broad SMARTS) is 1. The van der Waals surface area contributed by atoms with E-state index >= 15 is 0 Å². The lowest BCUT2D eigenvalue weighted by atomic mass is 9.88. The predicted molar refractivity (Wildman–Crippen MR) is 358 cm³/mol. The quantitative estimate of drug-likeness (QED) is 0.0318. The van der Waals surface area contributed by atoms with E-state index in [-0.39, 0.29) is 0 Å². The second-order valence-corrected chi connectivity index (χ2v) is 29.6. The Hall–Kier alpha value is -4.29.